The fourth-order valence-corrected chi connectivity index (χ4v) is 5.70. The van der Waals surface area contributed by atoms with Crippen LogP contribution >= 0.6 is 15.2 Å². The highest BCUT2D eigenvalue weighted by molar-refractivity contribution is 7.58. The lowest BCUT2D eigenvalue weighted by atomic mass is 9.96. The van der Waals surface area contributed by atoms with Crippen molar-refractivity contribution in [3.63, 3.8) is 0 Å². The Bertz CT molecular complexity index is 989. The van der Waals surface area contributed by atoms with E-state index in [2.05, 4.69) is 15.2 Å². The number of carbonyl (C=O) groups is 4. The van der Waals surface area contributed by atoms with Gasteiger partial charge in [-0.15, -0.1) is 0 Å². The molecule has 226 valence electrons. The van der Waals surface area contributed by atoms with Crippen LogP contribution in [0.15, 0.2) is 0 Å². The van der Waals surface area contributed by atoms with Gasteiger partial charge in [-0.2, -0.15) is 0 Å². The van der Waals surface area contributed by atoms with Crippen molar-refractivity contribution in [1.82, 2.24) is 10.6 Å². The minimum Gasteiger partial charge on any atom is -0.481 e. The number of hydrogen-bond donors (Lipinski definition) is 9. The van der Waals surface area contributed by atoms with E-state index in [4.69, 9.17) is 14.6 Å². The first-order valence-electron chi connectivity index (χ1n) is 11.5. The van der Waals surface area contributed by atoms with Crippen LogP contribution in [0.25, 0.3) is 0 Å². The highest BCUT2D eigenvalue weighted by Gasteiger charge is 2.50. The maximum absolute atomic E-state index is 12.8. The highest BCUT2D eigenvalue weighted by Crippen LogP contribution is 2.47. The quantitative estimate of drug-likeness (QED) is 0.0887. The summed E-state index contributed by atoms with van der Waals surface area (Å²) in [7, 11) is -9.63. The van der Waals surface area contributed by atoms with Crippen molar-refractivity contribution in [2.24, 2.45) is 5.92 Å². The third-order valence-electron chi connectivity index (χ3n) is 5.69. The first-order valence-corrected chi connectivity index (χ1v) is 14.9. The first kappa shape index (κ1) is 35.0. The van der Waals surface area contributed by atoms with Gasteiger partial charge in [0.05, 0.1) is 12.5 Å². The Labute approximate surface area is 222 Å². The number of carboxylic acids is 2. The molecule has 0 aromatic heterocycles. The predicted octanol–water partition coefficient (Wildman–Crippen LogP) is -2.25. The summed E-state index contributed by atoms with van der Waals surface area (Å²) in [6.45, 7) is 2.38. The van der Waals surface area contributed by atoms with Crippen LogP contribution in [0.4, 0.5) is 0 Å². The summed E-state index contributed by atoms with van der Waals surface area (Å²) in [5.74, 6) is -7.61. The largest absolute Gasteiger partial charge is 0.481 e. The number of amides is 2. The van der Waals surface area contributed by atoms with Gasteiger partial charge in [0.15, 0.2) is 6.29 Å². The fourth-order valence-electron chi connectivity index (χ4n) is 3.63. The van der Waals surface area contributed by atoms with Crippen molar-refractivity contribution in [3.05, 3.63) is 0 Å². The van der Waals surface area contributed by atoms with E-state index in [1.807, 2.05) is 0 Å². The number of hydrogen-bond acceptors (Lipinski definition) is 11. The Hall–Kier alpha value is -1.98. The molecular weight excluding hydrogens is 574 g/mol. The summed E-state index contributed by atoms with van der Waals surface area (Å²) in [4.78, 5) is 75.3. The molecule has 1 aliphatic rings. The fraction of sp³-hybridized carbons (Fsp3) is 0.789. The summed E-state index contributed by atoms with van der Waals surface area (Å²) in [6, 6.07) is -1.60. The number of phosphoric ester groups is 1. The Morgan fingerprint density at radius 1 is 1.08 bits per heavy atom. The van der Waals surface area contributed by atoms with Crippen LogP contribution in [0.1, 0.15) is 33.6 Å². The number of aliphatic hydroxyl groups is 2. The van der Waals surface area contributed by atoms with Crippen molar-refractivity contribution >= 4 is 38.9 Å². The van der Waals surface area contributed by atoms with Crippen molar-refractivity contribution in [3.8, 4) is 0 Å². The average Bonchev–Trinajstić information content (AvgIpc) is 2.78. The van der Waals surface area contributed by atoms with Gasteiger partial charge >= 0.3 is 19.8 Å². The van der Waals surface area contributed by atoms with Gasteiger partial charge in [0.1, 0.15) is 36.2 Å². The number of rotatable bonds is 15. The van der Waals surface area contributed by atoms with E-state index in [9.17, 15) is 58.3 Å². The molecule has 0 aliphatic carbocycles. The van der Waals surface area contributed by atoms with Gasteiger partial charge in [0.25, 0.3) is 0 Å². The molecule has 20 heteroatoms. The molecule has 1 heterocycles. The lowest BCUT2D eigenvalue weighted by molar-refractivity contribution is -0.261. The van der Waals surface area contributed by atoms with Gasteiger partial charge in [-0.25, -0.2) is 4.57 Å². The average molecular weight is 608 g/mol. The Balaban J connectivity index is 3.06. The number of carbonyl (C=O) groups excluding carboxylic acids is 2. The van der Waals surface area contributed by atoms with Gasteiger partial charge in [-0.3, -0.25) is 28.3 Å². The van der Waals surface area contributed by atoms with E-state index in [0.717, 1.165) is 20.8 Å². The SMILES string of the molecule is CC(=O)NC1C(OP(=O)(O)O)OC(CO)C(O)C1O[C@H](C)C(=O)N[C@@H](C)P(=O)(O)CC(CCC(=O)O)C(=O)O. The van der Waals surface area contributed by atoms with Crippen LogP contribution in [-0.2, 0) is 42.3 Å². The van der Waals surface area contributed by atoms with Crippen LogP contribution in [0.5, 0.6) is 0 Å². The van der Waals surface area contributed by atoms with E-state index in [-0.39, 0.29) is 0 Å². The summed E-state index contributed by atoms with van der Waals surface area (Å²) < 4.78 is 39.3. The van der Waals surface area contributed by atoms with E-state index in [1.165, 1.54) is 0 Å². The minimum atomic E-state index is -5.23. The molecule has 1 rings (SSSR count). The number of aliphatic hydroxyl groups excluding tert-OH is 2. The van der Waals surface area contributed by atoms with Crippen molar-refractivity contribution in [2.45, 2.75) is 76.1 Å². The second-order valence-corrected chi connectivity index (χ2v) is 12.7. The van der Waals surface area contributed by atoms with Crippen molar-refractivity contribution in [2.75, 3.05) is 12.8 Å². The van der Waals surface area contributed by atoms with Gasteiger partial charge in [-0.1, -0.05) is 0 Å². The van der Waals surface area contributed by atoms with Crippen LogP contribution in [0.3, 0.4) is 0 Å². The molecule has 0 aromatic rings. The molecule has 0 saturated carbocycles. The number of aliphatic carboxylic acids is 2. The minimum absolute atomic E-state index is 0.425. The van der Waals surface area contributed by atoms with Gasteiger partial charge < -0.3 is 55.2 Å². The molecule has 9 N–H and O–H groups in total. The van der Waals surface area contributed by atoms with Crippen LogP contribution in [0, 0.1) is 5.92 Å². The van der Waals surface area contributed by atoms with E-state index >= 15 is 0 Å². The van der Waals surface area contributed by atoms with E-state index < -0.39 is 113 Å². The molecule has 9 atom stereocenters. The van der Waals surface area contributed by atoms with E-state index in [1.54, 1.807) is 0 Å². The molecule has 0 spiro atoms. The third kappa shape index (κ3) is 11.2. The summed E-state index contributed by atoms with van der Waals surface area (Å²) in [5, 5.41) is 42.5. The van der Waals surface area contributed by atoms with Gasteiger partial charge in [0.2, 0.25) is 19.2 Å². The molecule has 1 aliphatic heterocycles. The Morgan fingerprint density at radius 2 is 1.67 bits per heavy atom. The van der Waals surface area contributed by atoms with Crippen molar-refractivity contribution in [1.29, 1.82) is 0 Å². The second kappa shape index (κ2) is 14.6. The number of ether oxygens (including phenoxy) is 2. The lowest BCUT2D eigenvalue weighted by Gasteiger charge is -2.44. The molecule has 1 fully saturated rings. The Kier molecular flexibility index (Phi) is 13.1. The zero-order valence-corrected chi connectivity index (χ0v) is 22.9. The lowest BCUT2D eigenvalue weighted by Crippen LogP contribution is -2.66. The molecule has 39 heavy (non-hydrogen) atoms. The van der Waals surface area contributed by atoms with Crippen LogP contribution in [-0.4, -0.2) is 114 Å². The standard InChI is InChI=1S/C19H34N2O16P2/c1-8(17(27)21-10(3)38(30,31)7-11(18(28)29)4-5-13(24)25)35-16-14(20-9(2)23)19(37-39(32,33)34)36-12(6-22)15(16)26/h8,10-12,14-16,19,22,26H,4-7H2,1-3H3,(H,20,23)(H,21,27)(H,24,25)(H,28,29)(H,30,31)(H2,32,33,34)/t8-,10-,11?,12?,14?,15?,16?,19?/m1/s1. The molecular formula is C19H34N2O16P2. The molecule has 7 unspecified atom stereocenters. The molecule has 18 nitrogen and oxygen atoms in total. The zero-order valence-electron chi connectivity index (χ0n) is 21.1. The third-order valence-corrected chi connectivity index (χ3v) is 8.48. The van der Waals surface area contributed by atoms with Crippen molar-refractivity contribution < 1.29 is 77.4 Å². The number of phosphoric acid groups is 1. The molecule has 0 aromatic carbocycles. The molecule has 2 amide bonds. The summed E-state index contributed by atoms with van der Waals surface area (Å²) in [6.07, 6.45) is -10.3. The molecule has 1 saturated heterocycles. The predicted molar refractivity (Wildman–Crippen MR) is 127 cm³/mol. The molecule has 0 radical (unpaired) electrons. The highest BCUT2D eigenvalue weighted by atomic mass is 31.2. The second-order valence-electron chi connectivity index (χ2n) is 8.87. The van der Waals surface area contributed by atoms with Gasteiger partial charge in [0, 0.05) is 19.5 Å². The monoisotopic (exact) mass is 608 g/mol. The number of carboxylic acid groups (broad SMARTS) is 2. The molecule has 0 bridgehead atoms. The maximum Gasteiger partial charge on any atom is 0.472 e. The maximum atomic E-state index is 12.8. The van der Waals surface area contributed by atoms with Gasteiger partial charge in [-0.05, 0) is 20.3 Å². The van der Waals surface area contributed by atoms with Crippen LogP contribution < -0.4 is 10.6 Å². The first-order chi connectivity index (χ1) is 17.8. The smallest absolute Gasteiger partial charge is 0.472 e. The topological polar surface area (TPSA) is 296 Å². The summed E-state index contributed by atoms with van der Waals surface area (Å²) >= 11 is 0. The summed E-state index contributed by atoms with van der Waals surface area (Å²) in [5.41, 5.74) is 0. The van der Waals surface area contributed by atoms with Crippen LogP contribution in [0.2, 0.25) is 0 Å². The number of nitrogens with one attached hydrogen (secondary N) is 2. The zero-order chi connectivity index (χ0) is 30.3. The van der Waals surface area contributed by atoms with E-state index in [0.29, 0.717) is 0 Å². The normalized spacial score (nSPS) is 27.4. The Morgan fingerprint density at radius 3 is 2.13 bits per heavy atom.